The highest BCUT2D eigenvalue weighted by Crippen LogP contribution is 2.37. The summed E-state index contributed by atoms with van der Waals surface area (Å²) < 4.78 is 6.43. The molecule has 0 saturated carbocycles. The molecule has 2 aromatic rings. The number of aryl methyl sites for hydroxylation is 1. The lowest BCUT2D eigenvalue weighted by molar-refractivity contribution is 0.461. The SMILES string of the molecule is Cc1ccnc(Oc2c(N)cccc2Cl)c1Br. The molecule has 1 aromatic carbocycles. The third-order valence-electron chi connectivity index (χ3n) is 2.25. The molecule has 0 aliphatic rings. The Bertz CT molecular complexity index is 540. The van der Waals surface area contributed by atoms with E-state index in [2.05, 4.69) is 20.9 Å². The molecular weight excluding hydrogens is 304 g/mol. The lowest BCUT2D eigenvalue weighted by Gasteiger charge is -2.11. The first kappa shape index (κ1) is 12.2. The van der Waals surface area contributed by atoms with Gasteiger partial charge in [0, 0.05) is 6.20 Å². The average Bonchev–Trinajstić information content (AvgIpc) is 2.29. The number of hydrogen-bond acceptors (Lipinski definition) is 3. The third kappa shape index (κ3) is 2.53. The molecule has 0 radical (unpaired) electrons. The summed E-state index contributed by atoms with van der Waals surface area (Å²) in [7, 11) is 0. The number of anilines is 1. The number of benzene rings is 1. The minimum atomic E-state index is 0.424. The van der Waals surface area contributed by atoms with Crippen molar-refractivity contribution in [3.8, 4) is 11.6 Å². The summed E-state index contributed by atoms with van der Waals surface area (Å²) in [6.07, 6.45) is 1.67. The van der Waals surface area contributed by atoms with Crippen LogP contribution in [-0.2, 0) is 0 Å². The Morgan fingerprint density at radius 3 is 2.82 bits per heavy atom. The van der Waals surface area contributed by atoms with Gasteiger partial charge in [0.25, 0.3) is 0 Å². The highest BCUT2D eigenvalue weighted by Gasteiger charge is 2.11. The Balaban J connectivity index is 2.42. The van der Waals surface area contributed by atoms with Gasteiger partial charge in [0.15, 0.2) is 5.75 Å². The second-order valence-electron chi connectivity index (χ2n) is 3.51. The molecule has 0 spiro atoms. The number of rotatable bonds is 2. The summed E-state index contributed by atoms with van der Waals surface area (Å²) in [6, 6.07) is 7.10. The number of aromatic nitrogens is 1. The largest absolute Gasteiger partial charge is 0.434 e. The maximum atomic E-state index is 6.02. The maximum absolute atomic E-state index is 6.02. The summed E-state index contributed by atoms with van der Waals surface area (Å²) >= 11 is 9.44. The van der Waals surface area contributed by atoms with Crippen molar-refractivity contribution >= 4 is 33.2 Å². The Morgan fingerprint density at radius 1 is 1.35 bits per heavy atom. The van der Waals surface area contributed by atoms with E-state index in [0.29, 0.717) is 22.3 Å². The number of pyridine rings is 1. The van der Waals surface area contributed by atoms with Gasteiger partial charge < -0.3 is 10.5 Å². The topological polar surface area (TPSA) is 48.1 Å². The molecule has 2 N–H and O–H groups in total. The Kier molecular flexibility index (Phi) is 3.54. The van der Waals surface area contributed by atoms with Gasteiger partial charge in [0.05, 0.1) is 15.2 Å². The van der Waals surface area contributed by atoms with E-state index in [1.54, 1.807) is 24.4 Å². The van der Waals surface area contributed by atoms with Crippen LogP contribution in [-0.4, -0.2) is 4.98 Å². The van der Waals surface area contributed by atoms with E-state index >= 15 is 0 Å². The fourth-order valence-electron chi connectivity index (χ4n) is 1.32. The number of ether oxygens (including phenoxy) is 1. The van der Waals surface area contributed by atoms with Crippen LogP contribution in [0.5, 0.6) is 11.6 Å². The van der Waals surface area contributed by atoms with Crippen LogP contribution in [0.4, 0.5) is 5.69 Å². The quantitative estimate of drug-likeness (QED) is 0.846. The van der Waals surface area contributed by atoms with E-state index in [1.165, 1.54) is 0 Å². The molecule has 0 fully saturated rings. The zero-order chi connectivity index (χ0) is 12.4. The summed E-state index contributed by atoms with van der Waals surface area (Å²) in [5.41, 5.74) is 7.31. The van der Waals surface area contributed by atoms with E-state index < -0.39 is 0 Å². The van der Waals surface area contributed by atoms with Crippen LogP contribution in [0.3, 0.4) is 0 Å². The van der Waals surface area contributed by atoms with E-state index in [1.807, 2.05) is 13.0 Å². The van der Waals surface area contributed by atoms with Crippen molar-refractivity contribution in [2.45, 2.75) is 6.92 Å². The first-order valence-corrected chi connectivity index (χ1v) is 6.09. The van der Waals surface area contributed by atoms with Gasteiger partial charge in [-0.25, -0.2) is 4.98 Å². The minimum Gasteiger partial charge on any atom is -0.434 e. The summed E-state index contributed by atoms with van der Waals surface area (Å²) in [5, 5.41) is 0.459. The number of hydrogen-bond donors (Lipinski definition) is 1. The molecule has 2 rings (SSSR count). The molecule has 0 amide bonds. The van der Waals surface area contributed by atoms with Gasteiger partial charge in [0.2, 0.25) is 5.88 Å². The first-order chi connectivity index (χ1) is 8.09. The van der Waals surface area contributed by atoms with Crippen LogP contribution < -0.4 is 10.5 Å². The van der Waals surface area contributed by atoms with Crippen molar-refractivity contribution in [1.29, 1.82) is 0 Å². The van der Waals surface area contributed by atoms with Gasteiger partial charge in [-0.3, -0.25) is 0 Å². The summed E-state index contributed by atoms with van der Waals surface area (Å²) in [4.78, 5) is 4.13. The molecule has 3 nitrogen and oxygen atoms in total. The summed E-state index contributed by atoms with van der Waals surface area (Å²) in [6.45, 7) is 1.95. The third-order valence-corrected chi connectivity index (χ3v) is 3.51. The average molecular weight is 314 g/mol. The van der Waals surface area contributed by atoms with Crippen molar-refractivity contribution < 1.29 is 4.74 Å². The van der Waals surface area contributed by atoms with E-state index in [0.717, 1.165) is 10.0 Å². The molecule has 0 unspecified atom stereocenters. The lowest BCUT2D eigenvalue weighted by Crippen LogP contribution is -1.95. The smallest absolute Gasteiger partial charge is 0.234 e. The van der Waals surface area contributed by atoms with Gasteiger partial charge in [-0.1, -0.05) is 17.7 Å². The highest BCUT2D eigenvalue weighted by atomic mass is 79.9. The number of nitrogen functional groups attached to an aromatic ring is 1. The van der Waals surface area contributed by atoms with Crippen LogP contribution in [0.25, 0.3) is 0 Å². The zero-order valence-electron chi connectivity index (χ0n) is 9.08. The molecule has 1 heterocycles. The predicted octanol–water partition coefficient (Wildman–Crippen LogP) is 4.18. The van der Waals surface area contributed by atoms with E-state index in [-0.39, 0.29) is 0 Å². The fourth-order valence-corrected chi connectivity index (χ4v) is 1.85. The molecule has 17 heavy (non-hydrogen) atoms. The Labute approximate surface area is 113 Å². The van der Waals surface area contributed by atoms with Crippen molar-refractivity contribution in [1.82, 2.24) is 4.98 Å². The summed E-state index contributed by atoms with van der Waals surface area (Å²) in [5.74, 6) is 0.873. The van der Waals surface area contributed by atoms with Crippen molar-refractivity contribution in [3.05, 3.63) is 45.5 Å². The second kappa shape index (κ2) is 4.94. The fraction of sp³-hybridized carbons (Fsp3) is 0.0833. The number of nitrogens with zero attached hydrogens (tertiary/aromatic N) is 1. The van der Waals surface area contributed by atoms with E-state index in [9.17, 15) is 0 Å². The second-order valence-corrected chi connectivity index (χ2v) is 4.71. The van der Waals surface area contributed by atoms with Crippen LogP contribution in [0, 0.1) is 6.92 Å². The normalized spacial score (nSPS) is 10.3. The Hall–Kier alpha value is -1.26. The van der Waals surface area contributed by atoms with E-state index in [4.69, 9.17) is 22.1 Å². The van der Waals surface area contributed by atoms with Crippen LogP contribution >= 0.6 is 27.5 Å². The molecular formula is C12H10BrClN2O. The number of halogens is 2. The monoisotopic (exact) mass is 312 g/mol. The molecule has 0 atom stereocenters. The lowest BCUT2D eigenvalue weighted by atomic mass is 10.3. The molecule has 88 valence electrons. The van der Waals surface area contributed by atoms with Crippen LogP contribution in [0.1, 0.15) is 5.56 Å². The molecule has 1 aromatic heterocycles. The van der Waals surface area contributed by atoms with Gasteiger partial charge in [-0.2, -0.15) is 0 Å². The molecule has 0 bridgehead atoms. The number of para-hydroxylation sites is 1. The first-order valence-electron chi connectivity index (χ1n) is 4.92. The van der Waals surface area contributed by atoms with Gasteiger partial charge in [-0.05, 0) is 46.6 Å². The molecule has 0 aliphatic heterocycles. The van der Waals surface area contributed by atoms with Crippen LogP contribution in [0.15, 0.2) is 34.9 Å². The molecule has 0 aliphatic carbocycles. The highest BCUT2D eigenvalue weighted by molar-refractivity contribution is 9.10. The maximum Gasteiger partial charge on any atom is 0.234 e. The van der Waals surface area contributed by atoms with Gasteiger partial charge in [-0.15, -0.1) is 0 Å². The van der Waals surface area contributed by atoms with Gasteiger partial charge >= 0.3 is 0 Å². The van der Waals surface area contributed by atoms with Crippen LogP contribution in [0.2, 0.25) is 5.02 Å². The Morgan fingerprint density at radius 2 is 2.12 bits per heavy atom. The van der Waals surface area contributed by atoms with Gasteiger partial charge in [0.1, 0.15) is 0 Å². The zero-order valence-corrected chi connectivity index (χ0v) is 11.4. The number of nitrogens with two attached hydrogens (primary N) is 1. The molecule has 0 saturated heterocycles. The minimum absolute atomic E-state index is 0.424. The van der Waals surface area contributed by atoms with Crippen molar-refractivity contribution in [2.75, 3.05) is 5.73 Å². The van der Waals surface area contributed by atoms with Crippen molar-refractivity contribution in [2.24, 2.45) is 0 Å². The molecule has 5 heteroatoms. The standard InChI is InChI=1S/C12H10BrClN2O/c1-7-5-6-16-12(10(7)13)17-11-8(14)3-2-4-9(11)15/h2-6H,15H2,1H3. The predicted molar refractivity (Wildman–Crippen MR) is 72.6 cm³/mol. The van der Waals surface area contributed by atoms with Crippen molar-refractivity contribution in [3.63, 3.8) is 0 Å².